The van der Waals surface area contributed by atoms with E-state index in [0.717, 1.165) is 4.31 Å². The van der Waals surface area contributed by atoms with Crippen molar-refractivity contribution in [3.05, 3.63) is 54.6 Å². The van der Waals surface area contributed by atoms with Crippen molar-refractivity contribution < 1.29 is 28.0 Å². The van der Waals surface area contributed by atoms with Crippen LogP contribution in [0.3, 0.4) is 0 Å². The fourth-order valence-corrected chi connectivity index (χ4v) is 4.44. The summed E-state index contributed by atoms with van der Waals surface area (Å²) >= 11 is 0. The number of oxime groups is 1. The van der Waals surface area contributed by atoms with Crippen LogP contribution in [0.4, 0.5) is 0 Å². The van der Waals surface area contributed by atoms with Crippen molar-refractivity contribution in [2.75, 3.05) is 13.7 Å². The normalized spacial score (nSPS) is 18.8. The van der Waals surface area contributed by atoms with Gasteiger partial charge in [0.25, 0.3) is 5.91 Å². The Morgan fingerprint density at radius 1 is 1.14 bits per heavy atom. The maximum absolute atomic E-state index is 13.0. The summed E-state index contributed by atoms with van der Waals surface area (Å²) in [5.41, 5.74) is 1.88. The molecule has 0 unspecified atom stereocenters. The lowest BCUT2D eigenvalue weighted by Crippen LogP contribution is -2.44. The van der Waals surface area contributed by atoms with Gasteiger partial charge < -0.3 is 9.57 Å². The molecule has 9 nitrogen and oxygen atoms in total. The van der Waals surface area contributed by atoms with E-state index < -0.39 is 22.0 Å². The van der Waals surface area contributed by atoms with E-state index in [1.54, 1.807) is 12.1 Å². The van der Waals surface area contributed by atoms with Crippen LogP contribution in [0.5, 0.6) is 11.5 Å². The molecule has 28 heavy (non-hydrogen) atoms. The molecular weight excluding hydrogens is 386 g/mol. The predicted octanol–water partition coefficient (Wildman–Crippen LogP) is 1.75. The first-order chi connectivity index (χ1) is 13.5. The first kappa shape index (κ1) is 19.8. The third-order valence-electron chi connectivity index (χ3n) is 4.16. The quantitative estimate of drug-likeness (QED) is 0.558. The average molecular weight is 405 g/mol. The number of hydrogen-bond acceptors (Lipinski definition) is 7. The standard InChI is InChI=1S/C18H19N3O6S/c1-26-20-13-11-17(18(22)19-23)21(12-13)28(24,25)16-9-7-15(8-10-16)27-14-5-3-2-4-6-14/h2-10,17,23H,11-12H2,1H3,(H,19,22)/b20-13-/t17-/m1/s1. The van der Waals surface area contributed by atoms with Crippen LogP contribution in [0.1, 0.15) is 6.42 Å². The first-order valence-electron chi connectivity index (χ1n) is 8.33. The van der Waals surface area contributed by atoms with E-state index in [0.29, 0.717) is 17.2 Å². The summed E-state index contributed by atoms with van der Waals surface area (Å²) in [6.07, 6.45) is 0.0225. The van der Waals surface area contributed by atoms with Crippen molar-refractivity contribution >= 4 is 21.6 Å². The van der Waals surface area contributed by atoms with E-state index in [1.807, 2.05) is 18.2 Å². The number of amides is 1. The molecule has 0 radical (unpaired) electrons. The lowest BCUT2D eigenvalue weighted by Gasteiger charge is -2.21. The molecule has 3 rings (SSSR count). The van der Waals surface area contributed by atoms with Crippen molar-refractivity contribution in [2.24, 2.45) is 5.16 Å². The Morgan fingerprint density at radius 3 is 2.39 bits per heavy atom. The third kappa shape index (κ3) is 4.14. The molecule has 10 heteroatoms. The molecule has 2 aromatic carbocycles. The van der Waals surface area contributed by atoms with Gasteiger partial charge in [-0.05, 0) is 36.4 Å². The van der Waals surface area contributed by atoms with Crippen LogP contribution in [0, 0.1) is 0 Å². The second-order valence-corrected chi connectivity index (χ2v) is 7.86. The summed E-state index contributed by atoms with van der Waals surface area (Å²) in [7, 11) is -2.68. The Labute approximate surface area is 162 Å². The monoisotopic (exact) mass is 405 g/mol. The molecule has 0 saturated carbocycles. The molecule has 1 aliphatic heterocycles. The zero-order valence-corrected chi connectivity index (χ0v) is 15.8. The van der Waals surface area contributed by atoms with E-state index in [4.69, 9.17) is 9.94 Å². The van der Waals surface area contributed by atoms with Crippen molar-refractivity contribution in [3.8, 4) is 11.5 Å². The van der Waals surface area contributed by atoms with Crippen LogP contribution in [-0.2, 0) is 19.7 Å². The molecule has 1 atom stereocenters. The third-order valence-corrected chi connectivity index (χ3v) is 6.03. The number of hydroxylamine groups is 1. The van der Waals surface area contributed by atoms with Gasteiger partial charge in [-0.3, -0.25) is 10.0 Å². The van der Waals surface area contributed by atoms with E-state index >= 15 is 0 Å². The second-order valence-electron chi connectivity index (χ2n) is 5.97. The summed E-state index contributed by atoms with van der Waals surface area (Å²) in [5.74, 6) is 0.254. The minimum absolute atomic E-state index is 0.0117. The highest BCUT2D eigenvalue weighted by Gasteiger charge is 2.42. The predicted molar refractivity (Wildman–Crippen MR) is 99.6 cm³/mol. The Morgan fingerprint density at radius 2 is 1.79 bits per heavy atom. The SMILES string of the molecule is CO/N=C1/C[C@H](C(=O)NO)N(S(=O)(=O)c2ccc(Oc3ccccc3)cc2)C1. The average Bonchev–Trinajstić information content (AvgIpc) is 3.14. The topological polar surface area (TPSA) is 118 Å². The molecule has 1 heterocycles. The highest BCUT2D eigenvalue weighted by atomic mass is 32.2. The van der Waals surface area contributed by atoms with Gasteiger partial charge in [0, 0.05) is 6.42 Å². The van der Waals surface area contributed by atoms with Crippen LogP contribution >= 0.6 is 0 Å². The van der Waals surface area contributed by atoms with Gasteiger partial charge in [0.05, 0.1) is 17.2 Å². The summed E-state index contributed by atoms with van der Waals surface area (Å²) in [5, 5.41) is 12.7. The fraction of sp³-hybridized carbons (Fsp3) is 0.222. The van der Waals surface area contributed by atoms with Crippen molar-refractivity contribution in [3.63, 3.8) is 0 Å². The molecule has 148 valence electrons. The molecule has 0 aliphatic carbocycles. The van der Waals surface area contributed by atoms with Gasteiger partial charge in [-0.15, -0.1) is 0 Å². The molecule has 1 fully saturated rings. The second kappa shape index (κ2) is 8.38. The Bertz CT molecular complexity index is 961. The zero-order chi connectivity index (χ0) is 20.1. The number of nitrogens with one attached hydrogen (secondary N) is 1. The number of carbonyl (C=O) groups excluding carboxylic acids is 1. The van der Waals surface area contributed by atoms with E-state index in [1.165, 1.54) is 36.9 Å². The van der Waals surface area contributed by atoms with Gasteiger partial charge >= 0.3 is 0 Å². The minimum atomic E-state index is -4.01. The molecule has 1 aliphatic rings. The Hall–Kier alpha value is -2.95. The fourth-order valence-electron chi connectivity index (χ4n) is 2.87. The highest BCUT2D eigenvalue weighted by Crippen LogP contribution is 2.28. The van der Waals surface area contributed by atoms with Crippen LogP contribution in [0.15, 0.2) is 64.6 Å². The molecule has 2 aromatic rings. The zero-order valence-electron chi connectivity index (χ0n) is 15.0. The number of nitrogens with zero attached hydrogens (tertiary/aromatic N) is 2. The van der Waals surface area contributed by atoms with E-state index in [9.17, 15) is 13.2 Å². The smallest absolute Gasteiger partial charge is 0.262 e. The first-order valence-corrected chi connectivity index (χ1v) is 9.77. The molecular formula is C18H19N3O6S. The van der Waals surface area contributed by atoms with Gasteiger partial charge in [0.2, 0.25) is 10.0 Å². The summed E-state index contributed by atoms with van der Waals surface area (Å²) in [4.78, 5) is 16.6. The van der Waals surface area contributed by atoms with E-state index in [-0.39, 0.29) is 17.9 Å². The van der Waals surface area contributed by atoms with Crippen molar-refractivity contribution in [1.29, 1.82) is 0 Å². The van der Waals surface area contributed by atoms with Crippen molar-refractivity contribution in [1.82, 2.24) is 9.79 Å². The molecule has 0 aromatic heterocycles. The van der Waals surface area contributed by atoms with Crippen LogP contribution in [0.25, 0.3) is 0 Å². The maximum Gasteiger partial charge on any atom is 0.262 e. The summed E-state index contributed by atoms with van der Waals surface area (Å²) < 4.78 is 32.7. The van der Waals surface area contributed by atoms with Gasteiger partial charge in [-0.2, -0.15) is 4.31 Å². The molecule has 1 saturated heterocycles. The van der Waals surface area contributed by atoms with Crippen LogP contribution in [0.2, 0.25) is 0 Å². The maximum atomic E-state index is 13.0. The number of para-hydroxylation sites is 1. The number of ether oxygens (including phenoxy) is 1. The number of sulfonamides is 1. The lowest BCUT2D eigenvalue weighted by molar-refractivity contribution is -0.132. The molecule has 0 bridgehead atoms. The number of rotatable bonds is 6. The number of benzene rings is 2. The van der Waals surface area contributed by atoms with Gasteiger partial charge in [0.15, 0.2) is 0 Å². The van der Waals surface area contributed by atoms with Gasteiger partial charge in [0.1, 0.15) is 24.7 Å². The minimum Gasteiger partial charge on any atom is -0.457 e. The number of hydrogen-bond donors (Lipinski definition) is 2. The molecule has 1 amide bonds. The largest absolute Gasteiger partial charge is 0.457 e. The van der Waals surface area contributed by atoms with Gasteiger partial charge in [-0.1, -0.05) is 23.4 Å². The highest BCUT2D eigenvalue weighted by molar-refractivity contribution is 7.89. The van der Waals surface area contributed by atoms with E-state index in [2.05, 4.69) is 9.99 Å². The Balaban J connectivity index is 1.84. The van der Waals surface area contributed by atoms with Crippen LogP contribution < -0.4 is 10.2 Å². The summed E-state index contributed by atoms with van der Waals surface area (Å²) in [6.45, 7) is -0.115. The van der Waals surface area contributed by atoms with Crippen molar-refractivity contribution in [2.45, 2.75) is 17.4 Å². The van der Waals surface area contributed by atoms with Crippen LogP contribution in [-0.4, -0.2) is 49.2 Å². The summed E-state index contributed by atoms with van der Waals surface area (Å²) in [6, 6.07) is 13.8. The number of carbonyl (C=O) groups is 1. The van der Waals surface area contributed by atoms with Gasteiger partial charge in [-0.25, -0.2) is 13.9 Å². The molecule has 0 spiro atoms. The Kier molecular flexibility index (Phi) is 5.93. The lowest BCUT2D eigenvalue weighted by atomic mass is 10.2. The molecule has 2 N–H and O–H groups in total.